The lowest BCUT2D eigenvalue weighted by Gasteiger charge is -2.11. The van der Waals surface area contributed by atoms with E-state index in [2.05, 4.69) is 40.7 Å². The molecule has 0 saturated heterocycles. The smallest absolute Gasteiger partial charge is 0.252 e. The van der Waals surface area contributed by atoms with Crippen molar-refractivity contribution >= 4 is 17.3 Å². The third-order valence-corrected chi connectivity index (χ3v) is 4.45. The summed E-state index contributed by atoms with van der Waals surface area (Å²) in [7, 11) is 0. The Hall–Kier alpha value is -3.14. The normalized spacial score (nSPS) is 10.4. The maximum Gasteiger partial charge on any atom is 0.252 e. The Balaban J connectivity index is 1.55. The molecule has 0 fully saturated rings. The van der Waals surface area contributed by atoms with Crippen molar-refractivity contribution in [3.05, 3.63) is 89.7 Å². The quantitative estimate of drug-likeness (QED) is 0.571. The molecule has 2 aromatic carbocycles. The number of rotatable bonds is 8. The van der Waals surface area contributed by atoms with E-state index in [0.29, 0.717) is 12.1 Å². The highest BCUT2D eigenvalue weighted by molar-refractivity contribution is 5.94. The summed E-state index contributed by atoms with van der Waals surface area (Å²) < 4.78 is 0. The maximum absolute atomic E-state index is 12.4. The Morgan fingerprint density at radius 2 is 1.78 bits per heavy atom. The number of carbonyl (C=O) groups is 1. The van der Waals surface area contributed by atoms with Crippen LogP contribution >= 0.6 is 0 Å². The molecule has 0 saturated carbocycles. The second-order valence-corrected chi connectivity index (χ2v) is 6.44. The first-order valence-electron chi connectivity index (χ1n) is 9.38. The number of hydrogen-bond donors (Lipinski definition) is 2. The van der Waals surface area contributed by atoms with E-state index in [-0.39, 0.29) is 5.91 Å². The van der Waals surface area contributed by atoms with Crippen LogP contribution in [0.3, 0.4) is 0 Å². The highest BCUT2D eigenvalue weighted by atomic mass is 16.1. The summed E-state index contributed by atoms with van der Waals surface area (Å²) in [6.45, 7) is 2.77. The molecule has 3 rings (SSSR count). The third-order valence-electron chi connectivity index (χ3n) is 4.45. The first kappa shape index (κ1) is 18.6. The molecule has 0 bridgehead atoms. The lowest BCUT2D eigenvalue weighted by atomic mass is 10.1. The van der Waals surface area contributed by atoms with E-state index in [1.54, 1.807) is 12.4 Å². The number of pyridine rings is 1. The maximum atomic E-state index is 12.4. The number of hydrogen-bond acceptors (Lipinski definition) is 3. The number of amides is 1. The van der Waals surface area contributed by atoms with Crippen LogP contribution in [0, 0.1) is 0 Å². The number of aromatic nitrogens is 1. The summed E-state index contributed by atoms with van der Waals surface area (Å²) in [6.07, 6.45) is 6.14. The standard InChI is InChI=1S/C23H25N3O/c1-2-19-12-6-7-13-22(19)26-21-15-20(16-24-17-21)23(27)25-14-8-11-18-9-4-3-5-10-18/h3-7,9-10,12-13,15-17,26H,2,8,11,14H2,1H3,(H,25,27). The summed E-state index contributed by atoms with van der Waals surface area (Å²) in [5, 5.41) is 6.34. The molecule has 27 heavy (non-hydrogen) atoms. The van der Waals surface area contributed by atoms with Crippen LogP contribution in [0.1, 0.15) is 34.8 Å². The molecule has 1 heterocycles. The van der Waals surface area contributed by atoms with E-state index in [0.717, 1.165) is 30.6 Å². The molecular formula is C23H25N3O. The van der Waals surface area contributed by atoms with Gasteiger partial charge in [-0.1, -0.05) is 55.5 Å². The van der Waals surface area contributed by atoms with Gasteiger partial charge < -0.3 is 10.6 Å². The molecular weight excluding hydrogens is 334 g/mol. The molecule has 4 heteroatoms. The van der Waals surface area contributed by atoms with E-state index >= 15 is 0 Å². The van der Waals surface area contributed by atoms with Gasteiger partial charge in [-0.25, -0.2) is 0 Å². The van der Waals surface area contributed by atoms with Crippen molar-refractivity contribution in [3.8, 4) is 0 Å². The minimum atomic E-state index is -0.0945. The molecule has 0 aliphatic heterocycles. The summed E-state index contributed by atoms with van der Waals surface area (Å²) in [6, 6.07) is 20.3. The van der Waals surface area contributed by atoms with Crippen molar-refractivity contribution in [3.63, 3.8) is 0 Å². The topological polar surface area (TPSA) is 54.0 Å². The van der Waals surface area contributed by atoms with Crippen LogP contribution in [0.25, 0.3) is 0 Å². The molecule has 0 radical (unpaired) electrons. The van der Waals surface area contributed by atoms with Gasteiger partial charge in [-0.3, -0.25) is 9.78 Å². The van der Waals surface area contributed by atoms with Crippen LogP contribution in [-0.4, -0.2) is 17.4 Å². The Kier molecular flexibility index (Phi) is 6.58. The Bertz CT molecular complexity index is 878. The van der Waals surface area contributed by atoms with Crippen LogP contribution < -0.4 is 10.6 Å². The van der Waals surface area contributed by atoms with E-state index in [1.165, 1.54) is 11.1 Å². The Morgan fingerprint density at radius 3 is 2.59 bits per heavy atom. The lowest BCUT2D eigenvalue weighted by molar-refractivity contribution is 0.0953. The molecule has 0 aliphatic carbocycles. The molecule has 0 atom stereocenters. The average molecular weight is 359 g/mol. The largest absolute Gasteiger partial charge is 0.354 e. The highest BCUT2D eigenvalue weighted by Gasteiger charge is 2.07. The molecule has 2 N–H and O–H groups in total. The van der Waals surface area contributed by atoms with Gasteiger partial charge in [-0.15, -0.1) is 0 Å². The monoisotopic (exact) mass is 359 g/mol. The van der Waals surface area contributed by atoms with E-state index in [4.69, 9.17) is 0 Å². The van der Waals surface area contributed by atoms with E-state index < -0.39 is 0 Å². The Morgan fingerprint density at radius 1 is 1.00 bits per heavy atom. The van der Waals surface area contributed by atoms with Gasteiger partial charge in [0.2, 0.25) is 0 Å². The van der Waals surface area contributed by atoms with Crippen LogP contribution in [-0.2, 0) is 12.8 Å². The van der Waals surface area contributed by atoms with Gasteiger partial charge in [0.1, 0.15) is 0 Å². The van der Waals surface area contributed by atoms with Crippen molar-refractivity contribution in [1.29, 1.82) is 0 Å². The predicted octanol–water partition coefficient (Wildman–Crippen LogP) is 4.75. The summed E-state index contributed by atoms with van der Waals surface area (Å²) in [4.78, 5) is 16.6. The minimum Gasteiger partial charge on any atom is -0.354 e. The lowest BCUT2D eigenvalue weighted by Crippen LogP contribution is -2.25. The van der Waals surface area contributed by atoms with Crippen LogP contribution in [0.5, 0.6) is 0 Å². The number of nitrogens with one attached hydrogen (secondary N) is 2. The average Bonchev–Trinajstić information content (AvgIpc) is 2.72. The van der Waals surface area contributed by atoms with Gasteiger partial charge in [0, 0.05) is 18.4 Å². The van der Waals surface area contributed by atoms with Gasteiger partial charge in [0.25, 0.3) is 5.91 Å². The molecule has 3 aromatic rings. The number of benzene rings is 2. The van der Waals surface area contributed by atoms with Gasteiger partial charge in [-0.2, -0.15) is 0 Å². The third kappa shape index (κ3) is 5.42. The fraction of sp³-hybridized carbons (Fsp3) is 0.217. The number of nitrogens with zero attached hydrogens (tertiary/aromatic N) is 1. The van der Waals surface area contributed by atoms with Crippen molar-refractivity contribution in [2.75, 3.05) is 11.9 Å². The van der Waals surface area contributed by atoms with Crippen molar-refractivity contribution < 1.29 is 4.79 Å². The summed E-state index contributed by atoms with van der Waals surface area (Å²) >= 11 is 0. The molecule has 1 aromatic heterocycles. The van der Waals surface area contributed by atoms with Crippen molar-refractivity contribution in [2.45, 2.75) is 26.2 Å². The second kappa shape index (κ2) is 9.53. The van der Waals surface area contributed by atoms with Gasteiger partial charge in [0.05, 0.1) is 17.4 Å². The summed E-state index contributed by atoms with van der Waals surface area (Å²) in [5.74, 6) is -0.0945. The zero-order valence-electron chi connectivity index (χ0n) is 15.6. The first-order valence-corrected chi connectivity index (χ1v) is 9.38. The zero-order chi connectivity index (χ0) is 18.9. The number of para-hydroxylation sites is 1. The van der Waals surface area contributed by atoms with E-state index in [1.807, 2.05) is 42.5 Å². The molecule has 138 valence electrons. The number of anilines is 2. The van der Waals surface area contributed by atoms with Gasteiger partial charge >= 0.3 is 0 Å². The van der Waals surface area contributed by atoms with Crippen molar-refractivity contribution in [2.24, 2.45) is 0 Å². The molecule has 4 nitrogen and oxygen atoms in total. The molecule has 0 aliphatic rings. The van der Waals surface area contributed by atoms with E-state index in [9.17, 15) is 4.79 Å². The SMILES string of the molecule is CCc1ccccc1Nc1cncc(C(=O)NCCCc2ccccc2)c1. The van der Waals surface area contributed by atoms with Crippen LogP contribution in [0.15, 0.2) is 73.1 Å². The zero-order valence-corrected chi connectivity index (χ0v) is 15.6. The predicted molar refractivity (Wildman–Crippen MR) is 110 cm³/mol. The van der Waals surface area contributed by atoms with Crippen LogP contribution in [0.2, 0.25) is 0 Å². The van der Waals surface area contributed by atoms with Gasteiger partial charge in [0.15, 0.2) is 0 Å². The molecule has 0 spiro atoms. The molecule has 0 unspecified atom stereocenters. The fourth-order valence-electron chi connectivity index (χ4n) is 2.98. The summed E-state index contributed by atoms with van der Waals surface area (Å²) in [5.41, 5.74) is 4.94. The minimum absolute atomic E-state index is 0.0945. The number of aryl methyl sites for hydroxylation is 2. The number of carbonyl (C=O) groups excluding carboxylic acids is 1. The van der Waals surface area contributed by atoms with Crippen LogP contribution in [0.4, 0.5) is 11.4 Å². The van der Waals surface area contributed by atoms with Gasteiger partial charge in [-0.05, 0) is 42.5 Å². The van der Waals surface area contributed by atoms with Crippen molar-refractivity contribution in [1.82, 2.24) is 10.3 Å². The fourth-order valence-corrected chi connectivity index (χ4v) is 2.98. The highest BCUT2D eigenvalue weighted by Crippen LogP contribution is 2.21. The second-order valence-electron chi connectivity index (χ2n) is 6.44. The first-order chi connectivity index (χ1) is 13.3. The Labute approximate surface area is 160 Å². The molecule has 1 amide bonds.